The zero-order valence-corrected chi connectivity index (χ0v) is 10.8. The summed E-state index contributed by atoms with van der Waals surface area (Å²) in [7, 11) is -3.27. The van der Waals surface area contributed by atoms with E-state index in [2.05, 4.69) is 4.72 Å². The largest absolute Gasteiger partial charge is 0.215 e. The molecule has 0 radical (unpaired) electrons. The molecule has 0 amide bonds. The molecule has 3 nitrogen and oxygen atoms in total. The maximum atomic E-state index is 11.7. The van der Waals surface area contributed by atoms with Gasteiger partial charge in [-0.1, -0.05) is 37.3 Å². The van der Waals surface area contributed by atoms with Crippen molar-refractivity contribution in [1.82, 2.24) is 4.72 Å². The lowest BCUT2D eigenvalue weighted by Gasteiger charge is -2.09. The van der Waals surface area contributed by atoms with E-state index in [1.54, 1.807) is 12.1 Å². The van der Waals surface area contributed by atoms with Gasteiger partial charge in [-0.2, -0.15) is 0 Å². The number of hydrogen-bond donors (Lipinski definition) is 1. The fraction of sp³-hybridized carbons (Fsp3) is 0.455. The molecule has 1 rings (SSSR count). The molecule has 0 saturated heterocycles. The fourth-order valence-corrected chi connectivity index (χ4v) is 2.56. The van der Waals surface area contributed by atoms with E-state index >= 15 is 0 Å². The second-order valence-electron chi connectivity index (χ2n) is 3.60. The van der Waals surface area contributed by atoms with Crippen molar-refractivity contribution in [2.24, 2.45) is 0 Å². The summed E-state index contributed by atoms with van der Waals surface area (Å²) < 4.78 is 25.8. The van der Waals surface area contributed by atoms with Crippen molar-refractivity contribution in [3.63, 3.8) is 0 Å². The van der Waals surface area contributed by atoms with Gasteiger partial charge in [-0.15, -0.1) is 11.6 Å². The van der Waals surface area contributed by atoms with Crippen LogP contribution < -0.4 is 4.72 Å². The molecule has 0 bridgehead atoms. The van der Waals surface area contributed by atoms with Crippen LogP contribution in [0.5, 0.6) is 0 Å². The van der Waals surface area contributed by atoms with Crippen LogP contribution in [-0.4, -0.2) is 20.3 Å². The van der Waals surface area contributed by atoms with Crippen molar-refractivity contribution in [2.45, 2.75) is 24.5 Å². The third-order valence-corrected chi connectivity index (χ3v) is 3.95. The number of nitrogens with one attached hydrogen (secondary N) is 1. The summed E-state index contributed by atoms with van der Waals surface area (Å²) in [5, 5.41) is -0.148. The Balaban J connectivity index is 2.53. The van der Waals surface area contributed by atoms with E-state index in [9.17, 15) is 8.42 Å². The van der Waals surface area contributed by atoms with Gasteiger partial charge < -0.3 is 0 Å². The monoisotopic (exact) mass is 261 g/mol. The van der Waals surface area contributed by atoms with E-state index in [0.717, 1.165) is 12.0 Å². The van der Waals surface area contributed by atoms with Gasteiger partial charge in [-0.3, -0.25) is 0 Å². The first kappa shape index (κ1) is 13.5. The Hall–Kier alpha value is -0.580. The minimum atomic E-state index is -3.27. The summed E-state index contributed by atoms with van der Waals surface area (Å²) in [6, 6.07) is 9.08. The zero-order valence-electron chi connectivity index (χ0n) is 9.19. The first-order valence-electron chi connectivity index (χ1n) is 5.19. The number of alkyl halides is 1. The van der Waals surface area contributed by atoms with Crippen molar-refractivity contribution >= 4 is 21.6 Å². The number of rotatable bonds is 6. The lowest BCUT2D eigenvalue weighted by atomic mass is 10.2. The Morgan fingerprint density at radius 2 is 1.94 bits per heavy atom. The highest BCUT2D eigenvalue weighted by Crippen LogP contribution is 2.05. The standard InChI is InChI=1S/C11H16ClNO2S/c1-2-11(12)8-13-16(14,15)9-10-6-4-3-5-7-10/h3-7,11,13H,2,8-9H2,1H3. The lowest BCUT2D eigenvalue weighted by molar-refractivity contribution is 0.578. The lowest BCUT2D eigenvalue weighted by Crippen LogP contribution is -2.30. The van der Waals surface area contributed by atoms with Crippen LogP contribution in [0.15, 0.2) is 30.3 Å². The highest BCUT2D eigenvalue weighted by Gasteiger charge is 2.12. The van der Waals surface area contributed by atoms with Crippen molar-refractivity contribution in [2.75, 3.05) is 6.54 Å². The van der Waals surface area contributed by atoms with Crippen LogP contribution in [0.4, 0.5) is 0 Å². The highest BCUT2D eigenvalue weighted by molar-refractivity contribution is 7.88. The number of halogens is 1. The van der Waals surface area contributed by atoms with Crippen LogP contribution in [0.2, 0.25) is 0 Å². The van der Waals surface area contributed by atoms with Crippen molar-refractivity contribution < 1.29 is 8.42 Å². The summed E-state index contributed by atoms with van der Waals surface area (Å²) in [6.07, 6.45) is 0.745. The van der Waals surface area contributed by atoms with Gasteiger partial charge in [0.05, 0.1) is 5.75 Å². The number of benzene rings is 1. The van der Waals surface area contributed by atoms with Crippen molar-refractivity contribution in [3.05, 3.63) is 35.9 Å². The van der Waals surface area contributed by atoms with E-state index in [-0.39, 0.29) is 17.7 Å². The van der Waals surface area contributed by atoms with Gasteiger partial charge in [0.2, 0.25) is 10.0 Å². The highest BCUT2D eigenvalue weighted by atomic mass is 35.5. The van der Waals surface area contributed by atoms with Gasteiger partial charge in [-0.05, 0) is 12.0 Å². The molecule has 16 heavy (non-hydrogen) atoms. The minimum absolute atomic E-state index is 0.00115. The van der Waals surface area contributed by atoms with Crippen molar-refractivity contribution in [3.8, 4) is 0 Å². The van der Waals surface area contributed by atoms with E-state index < -0.39 is 10.0 Å². The molecule has 1 N–H and O–H groups in total. The number of hydrogen-bond acceptors (Lipinski definition) is 2. The molecule has 0 heterocycles. The van der Waals surface area contributed by atoms with E-state index in [0.29, 0.717) is 0 Å². The predicted octanol–water partition coefficient (Wildman–Crippen LogP) is 2.12. The Bertz CT molecular complexity index is 405. The maximum Gasteiger partial charge on any atom is 0.215 e. The van der Waals surface area contributed by atoms with Crippen LogP contribution in [0.3, 0.4) is 0 Å². The smallest absolute Gasteiger partial charge is 0.213 e. The van der Waals surface area contributed by atoms with E-state index in [1.165, 1.54) is 0 Å². The van der Waals surface area contributed by atoms with Gasteiger partial charge in [-0.25, -0.2) is 13.1 Å². The molecule has 0 aliphatic rings. The Morgan fingerprint density at radius 1 is 1.31 bits per heavy atom. The molecule has 0 aliphatic carbocycles. The molecule has 0 aromatic heterocycles. The molecule has 0 saturated carbocycles. The maximum absolute atomic E-state index is 11.7. The molecule has 0 fully saturated rings. The molecule has 0 spiro atoms. The normalized spacial score (nSPS) is 13.6. The quantitative estimate of drug-likeness (QED) is 0.798. The molecule has 0 aliphatic heterocycles. The summed E-state index contributed by atoms with van der Waals surface area (Å²) in [5.41, 5.74) is 0.776. The van der Waals surface area contributed by atoms with Gasteiger partial charge >= 0.3 is 0 Å². The van der Waals surface area contributed by atoms with Crippen LogP contribution in [0, 0.1) is 0 Å². The fourth-order valence-electron chi connectivity index (χ4n) is 1.21. The molecule has 1 unspecified atom stereocenters. The van der Waals surface area contributed by atoms with Gasteiger partial charge in [0.25, 0.3) is 0 Å². The first-order valence-corrected chi connectivity index (χ1v) is 7.27. The molecule has 90 valence electrons. The third kappa shape index (κ3) is 4.96. The number of sulfonamides is 1. The molecular weight excluding hydrogens is 246 g/mol. The van der Waals surface area contributed by atoms with Gasteiger partial charge in [0.1, 0.15) is 0 Å². The SMILES string of the molecule is CCC(Cl)CNS(=O)(=O)Cc1ccccc1. The van der Waals surface area contributed by atoms with Gasteiger partial charge in [0, 0.05) is 11.9 Å². The third-order valence-electron chi connectivity index (χ3n) is 2.17. The summed E-state index contributed by atoms with van der Waals surface area (Å²) in [4.78, 5) is 0. The van der Waals surface area contributed by atoms with Crippen LogP contribution >= 0.6 is 11.6 Å². The second-order valence-corrected chi connectivity index (χ2v) is 6.02. The summed E-state index contributed by atoms with van der Waals surface area (Å²) in [5.74, 6) is 0.00115. The average molecular weight is 262 g/mol. The topological polar surface area (TPSA) is 46.2 Å². The minimum Gasteiger partial charge on any atom is -0.213 e. The first-order chi connectivity index (χ1) is 7.53. The summed E-state index contributed by atoms with van der Waals surface area (Å²) >= 11 is 5.85. The van der Waals surface area contributed by atoms with Gasteiger partial charge in [0.15, 0.2) is 0 Å². The Morgan fingerprint density at radius 3 is 2.50 bits per heavy atom. The van der Waals surface area contributed by atoms with E-state index in [4.69, 9.17) is 11.6 Å². The Labute approximate surface area is 102 Å². The van der Waals surface area contributed by atoms with Crippen LogP contribution in [-0.2, 0) is 15.8 Å². The molecule has 1 aromatic rings. The van der Waals surface area contributed by atoms with Crippen molar-refractivity contribution in [1.29, 1.82) is 0 Å². The average Bonchev–Trinajstić information content (AvgIpc) is 2.27. The van der Waals surface area contributed by atoms with E-state index in [1.807, 2.05) is 25.1 Å². The predicted molar refractivity (Wildman–Crippen MR) is 67.0 cm³/mol. The second kappa shape index (κ2) is 6.23. The zero-order chi connectivity index (χ0) is 12.0. The molecular formula is C11H16ClNO2S. The van der Waals surface area contributed by atoms with Crippen LogP contribution in [0.25, 0.3) is 0 Å². The summed E-state index contributed by atoms with van der Waals surface area (Å²) in [6.45, 7) is 2.20. The Kier molecular flexibility index (Phi) is 5.25. The molecule has 1 aromatic carbocycles. The van der Waals surface area contributed by atoms with Crippen LogP contribution in [0.1, 0.15) is 18.9 Å². The molecule has 1 atom stereocenters. The molecule has 5 heteroatoms.